The summed E-state index contributed by atoms with van der Waals surface area (Å²) in [7, 11) is 0. The van der Waals surface area contributed by atoms with E-state index >= 15 is 0 Å². The molecule has 0 bridgehead atoms. The number of hydrogen-bond donors (Lipinski definition) is 1. The first-order valence-corrected chi connectivity index (χ1v) is 6.23. The van der Waals surface area contributed by atoms with Gasteiger partial charge in [-0.1, -0.05) is 12.1 Å². The van der Waals surface area contributed by atoms with Crippen molar-refractivity contribution in [2.45, 2.75) is 13.3 Å². The predicted octanol–water partition coefficient (Wildman–Crippen LogP) is 2.68. The van der Waals surface area contributed by atoms with Crippen LogP contribution in [0.2, 0.25) is 0 Å². The molecule has 0 saturated carbocycles. The molecule has 1 N–H and O–H groups in total. The van der Waals surface area contributed by atoms with E-state index in [-0.39, 0.29) is 5.91 Å². The number of carbonyl (C=O) groups is 1. The first-order valence-electron chi connectivity index (χ1n) is 5.44. The third-order valence-corrected chi connectivity index (χ3v) is 2.94. The summed E-state index contributed by atoms with van der Waals surface area (Å²) in [4.78, 5) is 15.1. The minimum Gasteiger partial charge on any atom is -0.356 e. The van der Waals surface area contributed by atoms with E-state index < -0.39 is 0 Å². The minimum atomic E-state index is 0.00726. The van der Waals surface area contributed by atoms with Gasteiger partial charge in [0.15, 0.2) is 0 Å². The molecule has 0 atom stereocenters. The maximum atomic E-state index is 10.8. The summed E-state index contributed by atoms with van der Waals surface area (Å²) in [6.45, 7) is 2.19. The van der Waals surface area contributed by atoms with Gasteiger partial charge in [0.25, 0.3) is 0 Å². The van der Waals surface area contributed by atoms with Crippen LogP contribution in [0.4, 0.5) is 0 Å². The molecule has 2 aromatic rings. The summed E-state index contributed by atoms with van der Waals surface area (Å²) >= 11 is 3.40. The van der Waals surface area contributed by atoms with E-state index in [1.165, 1.54) is 12.5 Å². The van der Waals surface area contributed by atoms with Crippen molar-refractivity contribution in [1.29, 1.82) is 0 Å². The summed E-state index contributed by atoms with van der Waals surface area (Å²) in [6.07, 6.45) is 2.62. The zero-order valence-electron chi connectivity index (χ0n) is 9.53. The van der Waals surface area contributed by atoms with Crippen molar-refractivity contribution in [1.82, 2.24) is 10.3 Å². The second-order valence-electron chi connectivity index (χ2n) is 3.91. The smallest absolute Gasteiger partial charge is 0.216 e. The van der Waals surface area contributed by atoms with Crippen LogP contribution in [0.5, 0.6) is 0 Å². The zero-order chi connectivity index (χ0) is 12.3. The van der Waals surface area contributed by atoms with Gasteiger partial charge in [-0.3, -0.25) is 9.78 Å². The van der Waals surface area contributed by atoms with Gasteiger partial charge in [0.1, 0.15) is 0 Å². The van der Waals surface area contributed by atoms with Crippen LogP contribution in [0.3, 0.4) is 0 Å². The topological polar surface area (TPSA) is 42.0 Å². The molecule has 1 amide bonds. The van der Waals surface area contributed by atoms with Gasteiger partial charge >= 0.3 is 0 Å². The maximum absolute atomic E-state index is 10.8. The highest BCUT2D eigenvalue weighted by Gasteiger charge is 1.99. The van der Waals surface area contributed by atoms with E-state index in [1.54, 1.807) is 6.20 Å². The molecule has 1 heterocycles. The molecule has 0 aliphatic heterocycles. The molecule has 17 heavy (non-hydrogen) atoms. The van der Waals surface area contributed by atoms with E-state index in [9.17, 15) is 4.79 Å². The molecule has 0 aliphatic carbocycles. The van der Waals surface area contributed by atoms with Gasteiger partial charge in [-0.05, 0) is 40.0 Å². The summed E-state index contributed by atoms with van der Waals surface area (Å²) in [5.74, 6) is 0.00726. The molecule has 88 valence electrons. The third kappa shape index (κ3) is 3.27. The Morgan fingerprint density at radius 2 is 2.24 bits per heavy atom. The van der Waals surface area contributed by atoms with Crippen LogP contribution in [0, 0.1) is 0 Å². The SMILES string of the molecule is CC(=O)NCCc1ccc2cc(Br)cnc2c1. The quantitative estimate of drug-likeness (QED) is 0.945. The number of carbonyl (C=O) groups excluding carboxylic acids is 1. The number of fused-ring (bicyclic) bond motifs is 1. The Kier molecular flexibility index (Phi) is 3.74. The monoisotopic (exact) mass is 292 g/mol. The molecule has 0 fully saturated rings. The van der Waals surface area contributed by atoms with Gasteiger partial charge in [-0.2, -0.15) is 0 Å². The first-order chi connectivity index (χ1) is 8.15. The molecule has 4 heteroatoms. The second-order valence-corrected chi connectivity index (χ2v) is 4.83. The number of pyridine rings is 1. The van der Waals surface area contributed by atoms with Crippen molar-refractivity contribution in [2.24, 2.45) is 0 Å². The Labute approximate surface area is 108 Å². The lowest BCUT2D eigenvalue weighted by Crippen LogP contribution is -2.22. The molecule has 0 spiro atoms. The standard InChI is InChI=1S/C13H13BrN2O/c1-9(17)15-5-4-10-2-3-11-7-12(14)8-16-13(11)6-10/h2-3,6-8H,4-5H2,1H3,(H,15,17). The molecule has 1 aromatic carbocycles. The van der Waals surface area contributed by atoms with E-state index in [1.807, 2.05) is 6.07 Å². The molecular weight excluding hydrogens is 280 g/mol. The van der Waals surface area contributed by atoms with Crippen molar-refractivity contribution in [3.63, 3.8) is 0 Å². The number of benzene rings is 1. The average molecular weight is 293 g/mol. The molecule has 1 aromatic heterocycles. The molecular formula is C13H13BrN2O. The third-order valence-electron chi connectivity index (χ3n) is 2.50. The van der Waals surface area contributed by atoms with Gasteiger partial charge in [0.2, 0.25) is 5.91 Å². The summed E-state index contributed by atoms with van der Waals surface area (Å²) in [5, 5.41) is 3.90. The Bertz CT molecular complexity index is 554. The number of halogens is 1. The Hall–Kier alpha value is -1.42. The summed E-state index contributed by atoms with van der Waals surface area (Å²) < 4.78 is 0.982. The first kappa shape index (κ1) is 12.0. The molecule has 0 unspecified atom stereocenters. The number of nitrogens with one attached hydrogen (secondary N) is 1. The van der Waals surface area contributed by atoms with Crippen LogP contribution in [0.25, 0.3) is 10.9 Å². The van der Waals surface area contributed by atoms with Crippen LogP contribution in [0.1, 0.15) is 12.5 Å². The molecule has 0 radical (unpaired) electrons. The van der Waals surface area contributed by atoms with Crippen LogP contribution < -0.4 is 5.32 Å². The molecule has 0 saturated heterocycles. The lowest BCUT2D eigenvalue weighted by atomic mass is 10.1. The van der Waals surface area contributed by atoms with Crippen molar-refractivity contribution in [3.05, 3.63) is 40.5 Å². The van der Waals surface area contributed by atoms with Gasteiger partial charge in [0, 0.05) is 29.5 Å². The molecule has 3 nitrogen and oxygen atoms in total. The number of hydrogen-bond acceptors (Lipinski definition) is 2. The van der Waals surface area contributed by atoms with Crippen LogP contribution >= 0.6 is 15.9 Å². The minimum absolute atomic E-state index is 0.00726. The summed E-state index contributed by atoms with van der Waals surface area (Å²) in [5.41, 5.74) is 2.16. The average Bonchev–Trinajstić information content (AvgIpc) is 2.29. The largest absolute Gasteiger partial charge is 0.356 e. The van der Waals surface area contributed by atoms with Crippen molar-refractivity contribution in [3.8, 4) is 0 Å². The van der Waals surface area contributed by atoms with Crippen LogP contribution in [0.15, 0.2) is 34.9 Å². The fraction of sp³-hybridized carbons (Fsp3) is 0.231. The van der Waals surface area contributed by atoms with Gasteiger partial charge in [-0.25, -0.2) is 0 Å². The van der Waals surface area contributed by atoms with E-state index in [0.29, 0.717) is 6.54 Å². The summed E-state index contributed by atoms with van der Waals surface area (Å²) in [6, 6.07) is 8.22. The zero-order valence-corrected chi connectivity index (χ0v) is 11.1. The lowest BCUT2D eigenvalue weighted by molar-refractivity contribution is -0.118. The van der Waals surface area contributed by atoms with Crippen molar-refractivity contribution >= 4 is 32.7 Å². The normalized spacial score (nSPS) is 10.5. The van der Waals surface area contributed by atoms with Gasteiger partial charge < -0.3 is 5.32 Å². The second kappa shape index (κ2) is 5.27. The van der Waals surface area contributed by atoms with Crippen molar-refractivity contribution in [2.75, 3.05) is 6.54 Å². The highest BCUT2D eigenvalue weighted by Crippen LogP contribution is 2.18. The fourth-order valence-electron chi connectivity index (χ4n) is 1.68. The van der Waals surface area contributed by atoms with Gasteiger partial charge in [-0.15, -0.1) is 0 Å². The van der Waals surface area contributed by atoms with E-state index in [0.717, 1.165) is 21.8 Å². The highest BCUT2D eigenvalue weighted by atomic mass is 79.9. The highest BCUT2D eigenvalue weighted by molar-refractivity contribution is 9.10. The number of nitrogens with zero attached hydrogens (tertiary/aromatic N) is 1. The maximum Gasteiger partial charge on any atom is 0.216 e. The Balaban J connectivity index is 2.14. The molecule has 0 aliphatic rings. The molecule has 2 rings (SSSR count). The van der Waals surface area contributed by atoms with Crippen molar-refractivity contribution < 1.29 is 4.79 Å². The number of rotatable bonds is 3. The Morgan fingerprint density at radius 1 is 1.41 bits per heavy atom. The number of amides is 1. The van der Waals surface area contributed by atoms with Gasteiger partial charge in [0.05, 0.1) is 5.52 Å². The number of aromatic nitrogens is 1. The van der Waals surface area contributed by atoms with E-state index in [2.05, 4.69) is 44.4 Å². The lowest BCUT2D eigenvalue weighted by Gasteiger charge is -2.04. The van der Waals surface area contributed by atoms with E-state index in [4.69, 9.17) is 0 Å². The van der Waals surface area contributed by atoms with Crippen LogP contribution in [-0.4, -0.2) is 17.4 Å². The Morgan fingerprint density at radius 3 is 3.00 bits per heavy atom. The van der Waals surface area contributed by atoms with Crippen LogP contribution in [-0.2, 0) is 11.2 Å². The predicted molar refractivity (Wildman–Crippen MR) is 71.8 cm³/mol. The fourth-order valence-corrected chi connectivity index (χ4v) is 2.03.